The van der Waals surface area contributed by atoms with Crippen LogP contribution in [0.3, 0.4) is 0 Å². The molecule has 0 aromatic carbocycles. The fourth-order valence-electron chi connectivity index (χ4n) is 2.23. The molecule has 1 rings (SSSR count). The molecule has 1 aliphatic heterocycles. The summed E-state index contributed by atoms with van der Waals surface area (Å²) in [7, 11) is 1.56. The van der Waals surface area contributed by atoms with Crippen molar-refractivity contribution in [2.24, 2.45) is 0 Å². The van der Waals surface area contributed by atoms with Crippen LogP contribution in [0.25, 0.3) is 0 Å². The van der Waals surface area contributed by atoms with Crippen LogP contribution in [0.15, 0.2) is 0 Å². The largest absolute Gasteiger partial charge is 0.383 e. The highest BCUT2D eigenvalue weighted by Crippen LogP contribution is 2.18. The Labute approximate surface area is 125 Å². The van der Waals surface area contributed by atoms with Gasteiger partial charge in [-0.25, -0.2) is 0 Å². The SMILES string of the molecule is CCC(C)N1C(=O)CC(NC(C)C(=O)NCCOC)C1=O. The van der Waals surface area contributed by atoms with Gasteiger partial charge < -0.3 is 10.1 Å². The third-order valence-electron chi connectivity index (χ3n) is 3.66. The Morgan fingerprint density at radius 1 is 1.43 bits per heavy atom. The molecular weight excluding hydrogens is 274 g/mol. The second-order valence-corrected chi connectivity index (χ2v) is 5.29. The van der Waals surface area contributed by atoms with Gasteiger partial charge in [0, 0.05) is 19.7 Å². The lowest BCUT2D eigenvalue weighted by Gasteiger charge is -2.22. The number of carbonyl (C=O) groups is 3. The van der Waals surface area contributed by atoms with Gasteiger partial charge in [-0.2, -0.15) is 0 Å². The summed E-state index contributed by atoms with van der Waals surface area (Å²) in [6.07, 6.45) is 0.829. The summed E-state index contributed by atoms with van der Waals surface area (Å²) in [6, 6.07) is -1.27. The molecule has 0 aliphatic carbocycles. The minimum Gasteiger partial charge on any atom is -0.383 e. The molecule has 3 unspecified atom stereocenters. The Kier molecular flexibility index (Phi) is 6.77. The van der Waals surface area contributed by atoms with Crippen molar-refractivity contribution in [3.63, 3.8) is 0 Å². The third-order valence-corrected chi connectivity index (χ3v) is 3.66. The van der Waals surface area contributed by atoms with Crippen LogP contribution in [0.2, 0.25) is 0 Å². The number of rotatable bonds is 8. The summed E-state index contributed by atoms with van der Waals surface area (Å²) in [5, 5.41) is 5.62. The van der Waals surface area contributed by atoms with Gasteiger partial charge in [0.2, 0.25) is 17.7 Å². The van der Waals surface area contributed by atoms with Crippen molar-refractivity contribution in [2.75, 3.05) is 20.3 Å². The van der Waals surface area contributed by atoms with Crippen molar-refractivity contribution in [3.05, 3.63) is 0 Å². The topological polar surface area (TPSA) is 87.7 Å². The highest BCUT2D eigenvalue weighted by Gasteiger charge is 2.41. The molecule has 0 spiro atoms. The van der Waals surface area contributed by atoms with Gasteiger partial charge in [-0.05, 0) is 20.3 Å². The van der Waals surface area contributed by atoms with E-state index in [1.165, 1.54) is 4.90 Å². The highest BCUT2D eigenvalue weighted by atomic mass is 16.5. The zero-order chi connectivity index (χ0) is 16.0. The number of amides is 3. The number of hydrogen-bond acceptors (Lipinski definition) is 5. The predicted molar refractivity (Wildman–Crippen MR) is 77.5 cm³/mol. The normalized spacial score (nSPS) is 21.5. The molecule has 3 amide bonds. The van der Waals surface area contributed by atoms with Crippen LogP contribution in [-0.4, -0.2) is 61.0 Å². The number of nitrogens with one attached hydrogen (secondary N) is 2. The molecule has 1 saturated heterocycles. The number of likely N-dealkylation sites (tertiary alicyclic amines) is 1. The van der Waals surface area contributed by atoms with Crippen LogP contribution in [-0.2, 0) is 19.1 Å². The van der Waals surface area contributed by atoms with Gasteiger partial charge in [0.15, 0.2) is 0 Å². The summed E-state index contributed by atoms with van der Waals surface area (Å²) >= 11 is 0. The first-order valence-corrected chi connectivity index (χ1v) is 7.30. The zero-order valence-corrected chi connectivity index (χ0v) is 13.1. The Morgan fingerprint density at radius 2 is 2.10 bits per heavy atom. The van der Waals surface area contributed by atoms with E-state index in [1.54, 1.807) is 14.0 Å². The first-order chi connectivity index (χ1) is 9.92. The van der Waals surface area contributed by atoms with E-state index in [0.29, 0.717) is 13.2 Å². The van der Waals surface area contributed by atoms with Gasteiger partial charge in [0.1, 0.15) is 0 Å². The van der Waals surface area contributed by atoms with Crippen LogP contribution in [0.1, 0.15) is 33.6 Å². The second-order valence-electron chi connectivity index (χ2n) is 5.29. The molecule has 1 fully saturated rings. The van der Waals surface area contributed by atoms with E-state index in [-0.39, 0.29) is 30.2 Å². The number of imide groups is 1. The number of hydrogen-bond donors (Lipinski definition) is 2. The molecule has 1 heterocycles. The van der Waals surface area contributed by atoms with E-state index in [0.717, 1.165) is 6.42 Å². The van der Waals surface area contributed by atoms with E-state index in [1.807, 2.05) is 13.8 Å². The van der Waals surface area contributed by atoms with Crippen LogP contribution in [0.4, 0.5) is 0 Å². The quantitative estimate of drug-likeness (QED) is 0.473. The molecule has 0 bridgehead atoms. The summed E-state index contributed by atoms with van der Waals surface area (Å²) in [4.78, 5) is 37.3. The molecule has 120 valence electrons. The van der Waals surface area contributed by atoms with E-state index >= 15 is 0 Å². The van der Waals surface area contributed by atoms with Crippen molar-refractivity contribution in [1.82, 2.24) is 15.5 Å². The maximum atomic E-state index is 12.2. The number of carbonyl (C=O) groups excluding carboxylic acids is 3. The van der Waals surface area contributed by atoms with Crippen LogP contribution in [0, 0.1) is 0 Å². The first-order valence-electron chi connectivity index (χ1n) is 7.30. The zero-order valence-electron chi connectivity index (χ0n) is 13.1. The first kappa shape index (κ1) is 17.6. The molecule has 7 nitrogen and oxygen atoms in total. The van der Waals surface area contributed by atoms with Crippen molar-refractivity contribution in [2.45, 2.75) is 51.7 Å². The molecule has 2 N–H and O–H groups in total. The summed E-state index contributed by atoms with van der Waals surface area (Å²) < 4.78 is 4.85. The average molecular weight is 299 g/mol. The molecule has 3 atom stereocenters. The monoisotopic (exact) mass is 299 g/mol. The van der Waals surface area contributed by atoms with Crippen LogP contribution in [0.5, 0.6) is 0 Å². The molecule has 0 radical (unpaired) electrons. The Balaban J connectivity index is 2.53. The van der Waals surface area contributed by atoms with Crippen molar-refractivity contribution >= 4 is 17.7 Å². The Bertz CT molecular complexity index is 400. The van der Waals surface area contributed by atoms with Gasteiger partial charge in [-0.1, -0.05) is 6.92 Å². The number of ether oxygens (including phenoxy) is 1. The molecule has 0 aromatic rings. The fourth-order valence-corrected chi connectivity index (χ4v) is 2.23. The lowest BCUT2D eigenvalue weighted by atomic mass is 10.2. The van der Waals surface area contributed by atoms with Crippen LogP contribution >= 0.6 is 0 Å². The average Bonchev–Trinajstić information content (AvgIpc) is 2.72. The summed E-state index contributed by atoms with van der Waals surface area (Å²) in [5.41, 5.74) is 0. The molecule has 0 aromatic heterocycles. The minimum atomic E-state index is -0.616. The maximum absolute atomic E-state index is 12.2. The van der Waals surface area contributed by atoms with Gasteiger partial charge in [0.25, 0.3) is 0 Å². The molecular formula is C14H25N3O4. The molecule has 1 aliphatic rings. The minimum absolute atomic E-state index is 0.109. The van der Waals surface area contributed by atoms with E-state index in [9.17, 15) is 14.4 Å². The van der Waals surface area contributed by atoms with E-state index in [4.69, 9.17) is 4.74 Å². The van der Waals surface area contributed by atoms with Gasteiger partial charge in [-0.3, -0.25) is 24.6 Å². The number of methoxy groups -OCH3 is 1. The number of nitrogens with zero attached hydrogens (tertiary/aromatic N) is 1. The summed E-state index contributed by atoms with van der Waals surface area (Å²) in [5.74, 6) is -0.640. The third kappa shape index (κ3) is 4.50. The maximum Gasteiger partial charge on any atom is 0.247 e. The van der Waals surface area contributed by atoms with Crippen molar-refractivity contribution in [1.29, 1.82) is 0 Å². The highest BCUT2D eigenvalue weighted by molar-refractivity contribution is 6.06. The van der Waals surface area contributed by atoms with Crippen molar-refractivity contribution < 1.29 is 19.1 Å². The van der Waals surface area contributed by atoms with E-state index < -0.39 is 12.1 Å². The van der Waals surface area contributed by atoms with E-state index in [2.05, 4.69) is 10.6 Å². The van der Waals surface area contributed by atoms with Gasteiger partial charge in [0.05, 0.1) is 25.1 Å². The molecule has 21 heavy (non-hydrogen) atoms. The second kappa shape index (κ2) is 8.09. The van der Waals surface area contributed by atoms with Gasteiger partial charge in [-0.15, -0.1) is 0 Å². The Hall–Kier alpha value is -1.47. The van der Waals surface area contributed by atoms with Crippen molar-refractivity contribution in [3.8, 4) is 0 Å². The summed E-state index contributed by atoms with van der Waals surface area (Å²) in [6.45, 7) is 6.29. The fraction of sp³-hybridized carbons (Fsp3) is 0.786. The standard InChI is InChI=1S/C14H25N3O4/c1-5-9(2)17-12(18)8-11(14(17)20)16-10(3)13(19)15-6-7-21-4/h9-11,16H,5-8H2,1-4H3,(H,15,19). The van der Waals surface area contributed by atoms with Gasteiger partial charge >= 0.3 is 0 Å². The van der Waals surface area contributed by atoms with Crippen LogP contribution < -0.4 is 10.6 Å². The lowest BCUT2D eigenvalue weighted by Crippen LogP contribution is -2.50. The lowest BCUT2D eigenvalue weighted by molar-refractivity contribution is -0.141. The Morgan fingerprint density at radius 3 is 2.67 bits per heavy atom. The predicted octanol–water partition coefficient (Wildman–Crippen LogP) is -0.347. The molecule has 0 saturated carbocycles. The smallest absolute Gasteiger partial charge is 0.247 e. The molecule has 7 heteroatoms.